The van der Waals surface area contributed by atoms with E-state index < -0.39 is 61.7 Å². The molecule has 2 nitrogen and oxygen atoms in total. The van der Waals surface area contributed by atoms with Gasteiger partial charge in [-0.1, -0.05) is 0 Å². The third kappa shape index (κ3) is 4.89. The molecule has 0 bridgehead atoms. The number of hydrogen-bond acceptors (Lipinski definition) is 2. The molecule has 180 valence electrons. The lowest BCUT2D eigenvalue weighted by molar-refractivity contribution is -0.440. The molecule has 15 heteroatoms. The molecule has 1 aromatic carbocycles. The van der Waals surface area contributed by atoms with Crippen LogP contribution in [0.15, 0.2) is 24.3 Å². The number of benzene rings is 1. The van der Waals surface area contributed by atoms with Crippen LogP contribution in [0.1, 0.15) is 19.3 Å². The molecule has 0 unspecified atom stereocenters. The van der Waals surface area contributed by atoms with Gasteiger partial charge < -0.3 is 9.84 Å². The highest BCUT2D eigenvalue weighted by Crippen LogP contribution is 2.60. The number of aromatic hydroxyl groups is 1. The normalized spacial score (nSPS) is 14.6. The Morgan fingerprint density at radius 2 is 1.06 bits per heavy atom. The van der Waals surface area contributed by atoms with Gasteiger partial charge >= 0.3 is 35.8 Å². The van der Waals surface area contributed by atoms with Crippen molar-refractivity contribution in [3.05, 3.63) is 24.3 Å². The molecule has 0 aliphatic rings. The molecule has 0 saturated carbocycles. The van der Waals surface area contributed by atoms with Gasteiger partial charge in [0.25, 0.3) is 0 Å². The Balaban J connectivity index is 2.87. The Bertz CT molecular complexity index is 726. The van der Waals surface area contributed by atoms with Crippen molar-refractivity contribution in [3.8, 4) is 11.5 Å². The first kappa shape index (κ1) is 26.9. The zero-order valence-electron chi connectivity index (χ0n) is 14.9. The average Bonchev–Trinajstić information content (AvgIpc) is 2.61. The number of rotatable bonds is 10. The van der Waals surface area contributed by atoms with Gasteiger partial charge in [-0.25, -0.2) is 0 Å². The highest BCUT2D eigenvalue weighted by molar-refractivity contribution is 5.30. The average molecular weight is 484 g/mol. The van der Waals surface area contributed by atoms with Crippen molar-refractivity contribution in [2.75, 3.05) is 6.61 Å². The molecular formula is C16H13F13O2. The Morgan fingerprint density at radius 3 is 1.52 bits per heavy atom. The van der Waals surface area contributed by atoms with E-state index in [9.17, 15) is 57.1 Å². The molecule has 1 aromatic rings. The van der Waals surface area contributed by atoms with Gasteiger partial charge in [0.2, 0.25) is 0 Å². The molecule has 31 heavy (non-hydrogen) atoms. The van der Waals surface area contributed by atoms with Gasteiger partial charge in [-0.2, -0.15) is 57.1 Å². The fourth-order valence-electron chi connectivity index (χ4n) is 2.14. The van der Waals surface area contributed by atoms with E-state index in [2.05, 4.69) is 0 Å². The first-order chi connectivity index (χ1) is 13.7. The molecule has 0 atom stereocenters. The van der Waals surface area contributed by atoms with Gasteiger partial charge in [0.05, 0.1) is 6.61 Å². The molecule has 1 rings (SSSR count). The van der Waals surface area contributed by atoms with Gasteiger partial charge in [-0.15, -0.1) is 0 Å². The molecule has 0 aliphatic carbocycles. The predicted octanol–water partition coefficient (Wildman–Crippen LogP) is 6.68. The van der Waals surface area contributed by atoms with Gasteiger partial charge in [0.1, 0.15) is 11.5 Å². The number of alkyl halides is 13. The summed E-state index contributed by atoms with van der Waals surface area (Å²) < 4.78 is 173. The zero-order chi connectivity index (χ0) is 24.5. The van der Waals surface area contributed by atoms with Gasteiger partial charge in [0.15, 0.2) is 0 Å². The second-order valence-corrected chi connectivity index (χ2v) is 6.30. The van der Waals surface area contributed by atoms with Crippen LogP contribution >= 0.6 is 0 Å². The summed E-state index contributed by atoms with van der Waals surface area (Å²) in [5.74, 6) is -36.8. The molecule has 1 N–H and O–H groups in total. The quantitative estimate of drug-likeness (QED) is 0.297. The second-order valence-electron chi connectivity index (χ2n) is 6.30. The second kappa shape index (κ2) is 8.45. The van der Waals surface area contributed by atoms with Crippen LogP contribution in [0.2, 0.25) is 0 Å². The van der Waals surface area contributed by atoms with Crippen LogP contribution < -0.4 is 4.74 Å². The van der Waals surface area contributed by atoms with Gasteiger partial charge in [-0.3, -0.25) is 0 Å². The van der Waals surface area contributed by atoms with E-state index in [-0.39, 0.29) is 11.5 Å². The molecule has 0 aliphatic heterocycles. The molecular weight excluding hydrogens is 471 g/mol. The van der Waals surface area contributed by atoms with Crippen LogP contribution in [-0.2, 0) is 0 Å². The summed E-state index contributed by atoms with van der Waals surface area (Å²) in [7, 11) is 0. The first-order valence-corrected chi connectivity index (χ1v) is 8.10. The summed E-state index contributed by atoms with van der Waals surface area (Å²) >= 11 is 0. The van der Waals surface area contributed by atoms with Crippen molar-refractivity contribution >= 4 is 0 Å². The summed E-state index contributed by atoms with van der Waals surface area (Å²) in [6.07, 6.45) is -11.3. The van der Waals surface area contributed by atoms with Crippen LogP contribution in [0.4, 0.5) is 57.1 Å². The Morgan fingerprint density at radius 1 is 0.613 bits per heavy atom. The van der Waals surface area contributed by atoms with E-state index in [4.69, 9.17) is 9.84 Å². The lowest BCUT2D eigenvalue weighted by atomic mass is 9.92. The van der Waals surface area contributed by atoms with Crippen molar-refractivity contribution in [2.45, 2.75) is 55.1 Å². The van der Waals surface area contributed by atoms with Crippen LogP contribution in [0, 0.1) is 0 Å². The fourth-order valence-corrected chi connectivity index (χ4v) is 2.14. The van der Waals surface area contributed by atoms with E-state index in [1.165, 1.54) is 12.1 Å². The number of phenols is 1. The zero-order valence-corrected chi connectivity index (χ0v) is 14.9. The Labute approximate surface area is 165 Å². The Hall–Kier alpha value is -2.09. The first-order valence-electron chi connectivity index (χ1n) is 8.10. The minimum absolute atomic E-state index is 0.0791. The van der Waals surface area contributed by atoms with E-state index in [0.29, 0.717) is 0 Å². The summed E-state index contributed by atoms with van der Waals surface area (Å²) in [5, 5.41) is 9.02. The maximum Gasteiger partial charge on any atom is 0.460 e. The molecule has 0 spiro atoms. The monoisotopic (exact) mass is 484 g/mol. The molecule has 0 radical (unpaired) electrons. The van der Waals surface area contributed by atoms with Crippen molar-refractivity contribution in [3.63, 3.8) is 0 Å². The van der Waals surface area contributed by atoms with Gasteiger partial charge in [-0.05, 0) is 37.1 Å². The summed E-state index contributed by atoms with van der Waals surface area (Å²) in [6, 6.07) is 4.73. The van der Waals surface area contributed by atoms with Crippen molar-refractivity contribution in [1.29, 1.82) is 0 Å². The molecule has 0 amide bonds. The maximum atomic E-state index is 13.5. The SMILES string of the molecule is Oc1ccc(OCCCCC(F)(F)C(F)(F)C(F)(F)C(F)(F)C(F)(F)C(F)(F)F)cc1. The number of hydrogen-bond donors (Lipinski definition) is 1. The predicted molar refractivity (Wildman–Crippen MR) is 78.2 cm³/mol. The molecule has 0 fully saturated rings. The van der Waals surface area contributed by atoms with E-state index >= 15 is 0 Å². The standard InChI is InChI=1S/C16H13F13O2/c17-11(18,7-1-2-8-31-10-5-3-9(30)4-6-10)12(19,20)13(21,22)14(23,24)15(25,26)16(27,28)29/h3-6,30H,1-2,7-8H2. The number of halogens is 13. The maximum absolute atomic E-state index is 13.5. The van der Waals surface area contributed by atoms with Crippen molar-refractivity contribution < 1.29 is 66.9 Å². The number of unbranched alkanes of at least 4 members (excludes halogenated alkanes) is 1. The topological polar surface area (TPSA) is 29.5 Å². The minimum Gasteiger partial charge on any atom is -0.508 e. The molecule has 0 heterocycles. The summed E-state index contributed by atoms with van der Waals surface area (Å²) in [4.78, 5) is 0. The highest BCUT2D eigenvalue weighted by atomic mass is 19.4. The van der Waals surface area contributed by atoms with Crippen LogP contribution in [0.5, 0.6) is 11.5 Å². The van der Waals surface area contributed by atoms with Crippen LogP contribution in [-0.4, -0.2) is 47.5 Å². The Kier molecular flexibility index (Phi) is 7.34. The smallest absolute Gasteiger partial charge is 0.460 e. The van der Waals surface area contributed by atoms with Crippen molar-refractivity contribution in [1.82, 2.24) is 0 Å². The lowest BCUT2D eigenvalue weighted by Crippen LogP contribution is -2.70. The minimum atomic E-state index is -7.88. The third-order valence-corrected chi connectivity index (χ3v) is 3.99. The lowest BCUT2D eigenvalue weighted by Gasteiger charge is -2.39. The van der Waals surface area contributed by atoms with Crippen molar-refractivity contribution in [2.24, 2.45) is 0 Å². The number of phenolic OH excluding ortho intramolecular Hbond substituents is 1. The highest BCUT2D eigenvalue weighted by Gasteiger charge is 2.90. The van der Waals surface area contributed by atoms with E-state index in [1.807, 2.05) is 0 Å². The van der Waals surface area contributed by atoms with Gasteiger partial charge in [0, 0.05) is 6.42 Å². The van der Waals surface area contributed by atoms with Crippen LogP contribution in [0.3, 0.4) is 0 Å². The molecule has 0 saturated heterocycles. The largest absolute Gasteiger partial charge is 0.508 e. The third-order valence-electron chi connectivity index (χ3n) is 3.99. The molecule has 0 aromatic heterocycles. The number of ether oxygens (including phenoxy) is 1. The van der Waals surface area contributed by atoms with E-state index in [1.54, 1.807) is 0 Å². The van der Waals surface area contributed by atoms with E-state index in [0.717, 1.165) is 12.1 Å². The summed E-state index contributed by atoms with van der Waals surface area (Å²) in [5.41, 5.74) is 0. The summed E-state index contributed by atoms with van der Waals surface area (Å²) in [6.45, 7) is -0.467. The fraction of sp³-hybridized carbons (Fsp3) is 0.625. The van der Waals surface area contributed by atoms with Crippen LogP contribution in [0.25, 0.3) is 0 Å².